The van der Waals surface area contributed by atoms with Crippen molar-refractivity contribution in [1.29, 1.82) is 0 Å². The average Bonchev–Trinajstić information content (AvgIpc) is 2.94. The minimum atomic E-state index is -0.796. The van der Waals surface area contributed by atoms with Gasteiger partial charge in [0.15, 0.2) is 0 Å². The Kier molecular flexibility index (Phi) is 2.53. The van der Waals surface area contributed by atoms with Gasteiger partial charge in [0, 0.05) is 25.9 Å². The number of pyridine rings is 1. The number of rotatable bonds is 3. The minimum Gasteiger partial charge on any atom is -0.379 e. The van der Waals surface area contributed by atoms with Gasteiger partial charge in [0.25, 0.3) is 5.91 Å². The van der Waals surface area contributed by atoms with Gasteiger partial charge in [0.05, 0.1) is 17.3 Å². The number of amides is 1. The van der Waals surface area contributed by atoms with Gasteiger partial charge < -0.3 is 10.6 Å². The Balaban J connectivity index is 2.18. The quantitative estimate of drug-likeness (QED) is 0.779. The summed E-state index contributed by atoms with van der Waals surface area (Å²) in [6.45, 7) is 0. The molecule has 1 aliphatic rings. The molecule has 0 radical (unpaired) electrons. The largest absolute Gasteiger partial charge is 0.379 e. The van der Waals surface area contributed by atoms with E-state index in [1.807, 2.05) is 0 Å². The van der Waals surface area contributed by atoms with Crippen molar-refractivity contribution in [2.24, 2.45) is 0 Å². The van der Waals surface area contributed by atoms with Gasteiger partial charge in [-0.25, -0.2) is 4.39 Å². The minimum absolute atomic E-state index is 0.157. The number of nitrogens with zero attached hydrogens (tertiary/aromatic N) is 1. The first-order valence-corrected chi connectivity index (χ1v) is 4.79. The maximum atomic E-state index is 12.7. The van der Waals surface area contributed by atoms with Crippen LogP contribution in [-0.2, 0) is 0 Å². The molecule has 1 aliphatic carbocycles. The molecule has 0 unspecified atom stereocenters. The highest BCUT2D eigenvalue weighted by atomic mass is 19.1. The maximum Gasteiger partial charge on any atom is 0.254 e. The van der Waals surface area contributed by atoms with E-state index < -0.39 is 6.17 Å². The van der Waals surface area contributed by atoms with Crippen LogP contribution in [0.3, 0.4) is 0 Å². The first-order valence-electron chi connectivity index (χ1n) is 4.79. The molecule has 15 heavy (non-hydrogen) atoms. The molecule has 1 aromatic rings. The summed E-state index contributed by atoms with van der Waals surface area (Å²) in [5.74, 6) is -0.221. The third kappa shape index (κ3) is 2.06. The number of carbonyl (C=O) groups is 1. The molecule has 2 N–H and O–H groups in total. The van der Waals surface area contributed by atoms with Crippen molar-refractivity contribution in [3.8, 4) is 0 Å². The Hall–Kier alpha value is -1.65. The van der Waals surface area contributed by atoms with E-state index in [0.29, 0.717) is 17.7 Å². The standard InChI is InChI=1S/C10H12FN3O/c1-12-10(15)6-5-13-3-2-8(6)14-9-4-7(9)11/h2-3,5,7,9H,4H2,1H3,(H,12,15)(H,13,14)/t7-,9+/m0/s1. The smallest absolute Gasteiger partial charge is 0.254 e. The molecular formula is C10H12FN3O. The van der Waals surface area contributed by atoms with Crippen LogP contribution in [0.5, 0.6) is 0 Å². The van der Waals surface area contributed by atoms with E-state index in [4.69, 9.17) is 0 Å². The molecule has 2 atom stereocenters. The summed E-state index contributed by atoms with van der Waals surface area (Å²) in [6.07, 6.45) is 2.76. The third-order valence-electron chi connectivity index (χ3n) is 2.35. The number of halogens is 1. The summed E-state index contributed by atoms with van der Waals surface area (Å²) in [5, 5.41) is 5.49. The predicted molar refractivity (Wildman–Crippen MR) is 54.6 cm³/mol. The lowest BCUT2D eigenvalue weighted by Crippen LogP contribution is -2.20. The topological polar surface area (TPSA) is 54.0 Å². The number of anilines is 1. The van der Waals surface area contributed by atoms with Crippen LogP contribution in [0.2, 0.25) is 0 Å². The molecule has 5 heteroatoms. The van der Waals surface area contributed by atoms with Gasteiger partial charge in [-0.1, -0.05) is 0 Å². The van der Waals surface area contributed by atoms with Gasteiger partial charge >= 0.3 is 0 Å². The van der Waals surface area contributed by atoms with E-state index in [1.165, 1.54) is 6.20 Å². The van der Waals surface area contributed by atoms with Gasteiger partial charge in [-0.05, 0) is 6.07 Å². The van der Waals surface area contributed by atoms with E-state index in [-0.39, 0.29) is 11.9 Å². The van der Waals surface area contributed by atoms with Gasteiger partial charge in [0.1, 0.15) is 6.17 Å². The van der Waals surface area contributed by atoms with Crippen molar-refractivity contribution in [1.82, 2.24) is 10.3 Å². The first-order chi connectivity index (χ1) is 7.22. The molecule has 0 spiro atoms. The molecule has 0 aromatic carbocycles. The SMILES string of the molecule is CNC(=O)c1cnccc1N[C@@H]1C[C@@H]1F. The van der Waals surface area contributed by atoms with Crippen LogP contribution in [0, 0.1) is 0 Å². The summed E-state index contributed by atoms with van der Waals surface area (Å²) < 4.78 is 12.7. The van der Waals surface area contributed by atoms with Crippen LogP contribution in [0.1, 0.15) is 16.8 Å². The van der Waals surface area contributed by atoms with Crippen molar-refractivity contribution < 1.29 is 9.18 Å². The van der Waals surface area contributed by atoms with Crippen LogP contribution in [-0.4, -0.2) is 30.2 Å². The van der Waals surface area contributed by atoms with Crippen molar-refractivity contribution in [2.45, 2.75) is 18.6 Å². The number of nitrogens with one attached hydrogen (secondary N) is 2. The highest BCUT2D eigenvalue weighted by molar-refractivity contribution is 5.99. The lowest BCUT2D eigenvalue weighted by atomic mass is 10.2. The molecular weight excluding hydrogens is 197 g/mol. The van der Waals surface area contributed by atoms with Crippen molar-refractivity contribution in [3.05, 3.63) is 24.0 Å². The number of alkyl halides is 1. The van der Waals surface area contributed by atoms with E-state index >= 15 is 0 Å². The number of hydrogen-bond donors (Lipinski definition) is 2. The van der Waals surface area contributed by atoms with Gasteiger partial charge in [-0.2, -0.15) is 0 Å². The monoisotopic (exact) mass is 209 g/mol. The summed E-state index contributed by atoms with van der Waals surface area (Å²) in [6, 6.07) is 1.52. The normalized spacial score (nSPS) is 23.3. The molecule has 0 bridgehead atoms. The van der Waals surface area contributed by atoms with E-state index in [2.05, 4.69) is 15.6 Å². The fourth-order valence-electron chi connectivity index (χ4n) is 1.35. The fraction of sp³-hybridized carbons (Fsp3) is 0.400. The molecule has 2 rings (SSSR count). The Labute approximate surface area is 86.9 Å². The fourth-order valence-corrected chi connectivity index (χ4v) is 1.35. The second-order valence-electron chi connectivity index (χ2n) is 3.50. The van der Waals surface area contributed by atoms with Crippen LogP contribution in [0.25, 0.3) is 0 Å². The zero-order valence-electron chi connectivity index (χ0n) is 8.33. The molecule has 0 aliphatic heterocycles. The van der Waals surface area contributed by atoms with E-state index in [1.54, 1.807) is 19.3 Å². The average molecular weight is 209 g/mol. The molecule has 1 fully saturated rings. The third-order valence-corrected chi connectivity index (χ3v) is 2.35. The Morgan fingerprint density at radius 1 is 1.67 bits per heavy atom. The molecule has 80 valence electrons. The number of aromatic nitrogens is 1. The Morgan fingerprint density at radius 2 is 2.40 bits per heavy atom. The molecule has 4 nitrogen and oxygen atoms in total. The summed E-state index contributed by atoms with van der Waals surface area (Å²) in [4.78, 5) is 15.3. The Morgan fingerprint density at radius 3 is 3.00 bits per heavy atom. The van der Waals surface area contributed by atoms with Gasteiger partial charge in [-0.3, -0.25) is 9.78 Å². The van der Waals surface area contributed by atoms with E-state index in [0.717, 1.165) is 0 Å². The van der Waals surface area contributed by atoms with Crippen LogP contribution < -0.4 is 10.6 Å². The maximum absolute atomic E-state index is 12.7. The van der Waals surface area contributed by atoms with Crippen molar-refractivity contribution >= 4 is 11.6 Å². The summed E-state index contributed by atoms with van der Waals surface area (Å²) >= 11 is 0. The molecule has 1 aromatic heterocycles. The van der Waals surface area contributed by atoms with Gasteiger partial charge in [0.2, 0.25) is 0 Å². The van der Waals surface area contributed by atoms with Crippen LogP contribution in [0.15, 0.2) is 18.5 Å². The predicted octanol–water partition coefficient (Wildman–Crippen LogP) is 0.964. The number of carbonyl (C=O) groups excluding carboxylic acids is 1. The lowest BCUT2D eigenvalue weighted by molar-refractivity contribution is 0.0963. The highest BCUT2D eigenvalue weighted by Gasteiger charge is 2.37. The van der Waals surface area contributed by atoms with Crippen LogP contribution in [0.4, 0.5) is 10.1 Å². The van der Waals surface area contributed by atoms with Crippen molar-refractivity contribution in [2.75, 3.05) is 12.4 Å². The highest BCUT2D eigenvalue weighted by Crippen LogP contribution is 2.30. The van der Waals surface area contributed by atoms with Gasteiger partial charge in [-0.15, -0.1) is 0 Å². The second-order valence-corrected chi connectivity index (χ2v) is 3.50. The molecule has 1 saturated carbocycles. The molecule has 0 saturated heterocycles. The zero-order valence-corrected chi connectivity index (χ0v) is 8.33. The Bertz CT molecular complexity index is 383. The van der Waals surface area contributed by atoms with Crippen molar-refractivity contribution in [3.63, 3.8) is 0 Å². The number of hydrogen-bond acceptors (Lipinski definition) is 3. The summed E-state index contributed by atoms with van der Waals surface area (Å²) in [5.41, 5.74) is 1.08. The lowest BCUT2D eigenvalue weighted by Gasteiger charge is -2.09. The zero-order chi connectivity index (χ0) is 10.8. The van der Waals surface area contributed by atoms with Crippen LogP contribution >= 0.6 is 0 Å². The first kappa shape index (κ1) is 9.89. The summed E-state index contributed by atoms with van der Waals surface area (Å²) in [7, 11) is 1.55. The molecule has 1 heterocycles. The molecule has 1 amide bonds. The van der Waals surface area contributed by atoms with E-state index in [9.17, 15) is 9.18 Å². The second kappa shape index (κ2) is 3.84.